The Kier molecular flexibility index (Phi) is 9.46. The minimum absolute atomic E-state index is 0.112. The maximum Gasteiger partial charge on any atom is 0.220 e. The van der Waals surface area contributed by atoms with Crippen molar-refractivity contribution in [3.8, 4) is 5.88 Å². The van der Waals surface area contributed by atoms with Crippen LogP contribution in [0, 0.1) is 6.92 Å². The van der Waals surface area contributed by atoms with Gasteiger partial charge in [0, 0.05) is 43.4 Å². The van der Waals surface area contributed by atoms with Crippen LogP contribution in [-0.2, 0) is 16.1 Å². The van der Waals surface area contributed by atoms with E-state index in [1.807, 2.05) is 24.3 Å². The van der Waals surface area contributed by atoms with Crippen LogP contribution >= 0.6 is 0 Å². The van der Waals surface area contributed by atoms with Crippen molar-refractivity contribution in [3.05, 3.63) is 47.5 Å². The van der Waals surface area contributed by atoms with Crippen molar-refractivity contribution in [2.75, 3.05) is 37.8 Å². The lowest BCUT2D eigenvalue weighted by molar-refractivity contribution is -0.122. The van der Waals surface area contributed by atoms with Crippen molar-refractivity contribution in [2.24, 2.45) is 10.2 Å². The van der Waals surface area contributed by atoms with Crippen molar-refractivity contribution in [1.82, 2.24) is 10.3 Å². The highest BCUT2D eigenvalue weighted by molar-refractivity contribution is 5.76. The van der Waals surface area contributed by atoms with E-state index >= 15 is 0 Å². The number of hydrogen-bond donors (Lipinski definition) is 1. The molecule has 0 radical (unpaired) electrons. The normalized spacial score (nSPS) is 17.0. The van der Waals surface area contributed by atoms with Gasteiger partial charge in [-0.15, -0.1) is 5.11 Å². The zero-order valence-electron chi connectivity index (χ0n) is 20.7. The zero-order valence-corrected chi connectivity index (χ0v) is 20.7. The molecule has 1 aromatic carbocycles. The molecule has 1 aromatic heterocycles. The van der Waals surface area contributed by atoms with Crippen LogP contribution in [0.3, 0.4) is 0 Å². The third-order valence-corrected chi connectivity index (χ3v) is 6.43. The molecule has 2 fully saturated rings. The average Bonchev–Trinajstić information content (AvgIpc) is 2.88. The van der Waals surface area contributed by atoms with Crippen LogP contribution in [0.2, 0.25) is 0 Å². The number of nitrogens with zero attached hydrogens (tertiary/aromatic N) is 4. The summed E-state index contributed by atoms with van der Waals surface area (Å²) in [6.45, 7) is 6.00. The maximum atomic E-state index is 12.3. The van der Waals surface area contributed by atoms with Crippen LogP contribution in [0.5, 0.6) is 5.88 Å². The van der Waals surface area contributed by atoms with E-state index in [-0.39, 0.29) is 5.91 Å². The topological polar surface area (TPSA) is 88.4 Å². The lowest BCUT2D eigenvalue weighted by Crippen LogP contribution is -2.36. The minimum atomic E-state index is 0.112. The Balaban J connectivity index is 1.34. The quantitative estimate of drug-likeness (QED) is 0.377. The van der Waals surface area contributed by atoms with Gasteiger partial charge in [0.1, 0.15) is 0 Å². The second-order valence-corrected chi connectivity index (χ2v) is 9.36. The largest absolute Gasteiger partial charge is 0.478 e. The van der Waals surface area contributed by atoms with E-state index in [1.165, 1.54) is 24.8 Å². The summed E-state index contributed by atoms with van der Waals surface area (Å²) in [5.74, 6) is 1.14. The fraction of sp³-hybridized carbons (Fsp3) is 0.556. The number of aromatic nitrogens is 1. The predicted octanol–water partition coefficient (Wildman–Crippen LogP) is 5.12. The van der Waals surface area contributed by atoms with E-state index in [0.29, 0.717) is 56.9 Å². The van der Waals surface area contributed by atoms with Gasteiger partial charge in [-0.25, -0.2) is 0 Å². The zero-order chi connectivity index (χ0) is 24.3. The summed E-state index contributed by atoms with van der Waals surface area (Å²) >= 11 is 0. The van der Waals surface area contributed by atoms with Gasteiger partial charge < -0.3 is 19.7 Å². The number of carbonyl (C=O) groups excluding carboxylic acids is 1. The molecule has 2 aliphatic rings. The molecule has 2 heterocycles. The molecular formula is C27H37N5O3. The number of hydrogen-bond acceptors (Lipinski definition) is 7. The first-order chi connectivity index (χ1) is 17.2. The Bertz CT molecular complexity index is 985. The fourth-order valence-corrected chi connectivity index (χ4v) is 4.56. The van der Waals surface area contributed by atoms with Gasteiger partial charge in [0.25, 0.3) is 0 Å². The third kappa shape index (κ3) is 8.31. The SMILES string of the molecule is Cc1cccc(CN=Nc2cc(N3CCOCC3)cc(OCCCC(=O)NC3CCCCC3)n2)c1. The molecule has 188 valence electrons. The Morgan fingerprint density at radius 3 is 2.80 bits per heavy atom. The molecule has 1 amide bonds. The van der Waals surface area contributed by atoms with E-state index in [0.717, 1.165) is 37.2 Å². The average molecular weight is 480 g/mol. The Morgan fingerprint density at radius 2 is 2.00 bits per heavy atom. The molecule has 1 aliphatic heterocycles. The van der Waals surface area contributed by atoms with Crippen LogP contribution in [0.1, 0.15) is 56.1 Å². The second-order valence-electron chi connectivity index (χ2n) is 9.36. The second kappa shape index (κ2) is 13.2. The number of pyridine rings is 1. The van der Waals surface area contributed by atoms with Gasteiger partial charge in [0.05, 0.1) is 26.4 Å². The standard InChI is InChI=1S/C27H37N5O3/c1-21-7-5-8-22(17-21)20-28-31-25-18-24(32-12-15-34-16-13-32)19-27(30-25)35-14-6-11-26(33)29-23-9-3-2-4-10-23/h5,7-8,17-19,23H,2-4,6,9-16,20H2,1H3,(H,29,33). The van der Waals surface area contributed by atoms with Crippen molar-refractivity contribution >= 4 is 17.4 Å². The van der Waals surface area contributed by atoms with Gasteiger partial charge in [0.2, 0.25) is 11.8 Å². The molecule has 0 spiro atoms. The van der Waals surface area contributed by atoms with E-state index in [2.05, 4.69) is 44.5 Å². The van der Waals surface area contributed by atoms with Crippen molar-refractivity contribution in [2.45, 2.75) is 64.5 Å². The van der Waals surface area contributed by atoms with E-state index in [4.69, 9.17) is 9.47 Å². The maximum absolute atomic E-state index is 12.3. The molecule has 1 N–H and O–H groups in total. The predicted molar refractivity (Wildman–Crippen MR) is 136 cm³/mol. The van der Waals surface area contributed by atoms with Crippen LogP contribution in [-0.4, -0.2) is 49.8 Å². The number of nitrogens with one attached hydrogen (secondary N) is 1. The molecule has 2 aromatic rings. The number of carbonyl (C=O) groups is 1. The lowest BCUT2D eigenvalue weighted by atomic mass is 9.95. The highest BCUT2D eigenvalue weighted by Crippen LogP contribution is 2.27. The summed E-state index contributed by atoms with van der Waals surface area (Å²) in [7, 11) is 0. The summed E-state index contributed by atoms with van der Waals surface area (Å²) in [5.41, 5.74) is 3.31. The number of azo groups is 1. The van der Waals surface area contributed by atoms with Crippen LogP contribution in [0.4, 0.5) is 11.5 Å². The number of rotatable bonds is 10. The van der Waals surface area contributed by atoms with Crippen molar-refractivity contribution < 1.29 is 14.3 Å². The molecule has 35 heavy (non-hydrogen) atoms. The van der Waals surface area contributed by atoms with Gasteiger partial charge >= 0.3 is 0 Å². The lowest BCUT2D eigenvalue weighted by Gasteiger charge is -2.29. The highest BCUT2D eigenvalue weighted by atomic mass is 16.5. The van der Waals surface area contributed by atoms with Gasteiger partial charge in [-0.3, -0.25) is 4.79 Å². The van der Waals surface area contributed by atoms with Gasteiger partial charge in [-0.1, -0.05) is 49.1 Å². The molecule has 0 bridgehead atoms. The van der Waals surface area contributed by atoms with Crippen molar-refractivity contribution in [3.63, 3.8) is 0 Å². The third-order valence-electron chi connectivity index (χ3n) is 6.43. The number of amides is 1. The summed E-state index contributed by atoms with van der Waals surface area (Å²) in [4.78, 5) is 19.1. The van der Waals surface area contributed by atoms with E-state index in [9.17, 15) is 4.79 Å². The first-order valence-corrected chi connectivity index (χ1v) is 12.9. The Labute approximate surface area is 208 Å². The van der Waals surface area contributed by atoms with Gasteiger partial charge in [0.15, 0.2) is 5.82 Å². The van der Waals surface area contributed by atoms with Crippen LogP contribution < -0.4 is 15.0 Å². The molecule has 0 unspecified atom stereocenters. The van der Waals surface area contributed by atoms with Gasteiger partial charge in [-0.05, 0) is 31.7 Å². The van der Waals surface area contributed by atoms with Crippen molar-refractivity contribution in [1.29, 1.82) is 0 Å². The summed E-state index contributed by atoms with van der Waals surface area (Å²) in [6.07, 6.45) is 7.01. The number of aryl methyl sites for hydroxylation is 1. The monoisotopic (exact) mass is 479 g/mol. The minimum Gasteiger partial charge on any atom is -0.478 e. The first-order valence-electron chi connectivity index (χ1n) is 12.9. The Hall–Kier alpha value is -3.00. The number of morpholine rings is 1. The molecule has 4 rings (SSSR count). The van der Waals surface area contributed by atoms with E-state index < -0.39 is 0 Å². The molecule has 1 aliphatic carbocycles. The summed E-state index contributed by atoms with van der Waals surface area (Å²) in [5, 5.41) is 11.9. The summed E-state index contributed by atoms with van der Waals surface area (Å²) < 4.78 is 11.4. The number of anilines is 1. The smallest absolute Gasteiger partial charge is 0.220 e. The molecule has 8 nitrogen and oxygen atoms in total. The van der Waals surface area contributed by atoms with Gasteiger partial charge in [-0.2, -0.15) is 10.1 Å². The highest BCUT2D eigenvalue weighted by Gasteiger charge is 2.16. The van der Waals surface area contributed by atoms with Crippen LogP contribution in [0.15, 0.2) is 46.6 Å². The summed E-state index contributed by atoms with van der Waals surface area (Å²) in [6, 6.07) is 12.5. The Morgan fingerprint density at radius 1 is 1.17 bits per heavy atom. The molecule has 8 heteroatoms. The van der Waals surface area contributed by atoms with Crippen LogP contribution in [0.25, 0.3) is 0 Å². The molecular weight excluding hydrogens is 442 g/mol. The fourth-order valence-electron chi connectivity index (χ4n) is 4.56. The van der Waals surface area contributed by atoms with E-state index in [1.54, 1.807) is 0 Å². The molecule has 1 saturated heterocycles. The molecule has 0 atom stereocenters. The first kappa shape index (κ1) is 25.1. The molecule has 1 saturated carbocycles. The number of ether oxygens (including phenoxy) is 2. The number of benzene rings is 1.